The summed E-state index contributed by atoms with van der Waals surface area (Å²) in [6, 6.07) is 32.6. The average molecular weight is 521 g/mol. The second-order valence-electron chi connectivity index (χ2n) is 8.17. The van der Waals surface area contributed by atoms with Crippen LogP contribution in [0.5, 0.6) is 23.0 Å². The monoisotopic (exact) mass is 520 g/mol. The van der Waals surface area contributed by atoms with Gasteiger partial charge in [-0.2, -0.15) is 0 Å². The number of hydrogen-bond acceptors (Lipinski definition) is 4. The first-order valence-corrected chi connectivity index (χ1v) is 13.2. The van der Waals surface area contributed by atoms with Crippen molar-refractivity contribution in [3.05, 3.63) is 120 Å². The summed E-state index contributed by atoms with van der Waals surface area (Å²) < 4.78 is 0. The summed E-state index contributed by atoms with van der Waals surface area (Å²) in [6.07, 6.45) is 0. The zero-order valence-electron chi connectivity index (χ0n) is 24.3. The Labute approximate surface area is 230 Å². The molecule has 4 aromatic rings. The molecule has 0 aliphatic heterocycles. The van der Waals surface area contributed by atoms with Crippen molar-refractivity contribution in [3.8, 4) is 23.0 Å². The fraction of sp³-hybridized carbons (Fsp3) is 0.294. The molecular formula is C34H48O4. The number of rotatable bonds is 2. The maximum Gasteiger partial charge on any atom is 0.119 e. The third-order valence-electron chi connectivity index (χ3n) is 4.61. The molecule has 4 heteroatoms. The molecule has 0 unspecified atom stereocenters. The van der Waals surface area contributed by atoms with Gasteiger partial charge in [0.2, 0.25) is 0 Å². The van der Waals surface area contributed by atoms with E-state index in [9.17, 15) is 0 Å². The standard InChI is InChI=1S/2C9H12.2C6H6O2.2C2H6/c2*1-8(2)9-6-4-3-5-7-9;7-5-1-2-6(8)4-3-5;7-5-2-1-3-6(8)4-5;2*1-2/h2*3-8H,1-2H3;2*1-4,7-8H;2*1-2H3. The Morgan fingerprint density at radius 2 is 0.658 bits per heavy atom. The van der Waals surface area contributed by atoms with Crippen molar-refractivity contribution in [3.63, 3.8) is 0 Å². The van der Waals surface area contributed by atoms with Gasteiger partial charge in [-0.15, -0.1) is 0 Å². The van der Waals surface area contributed by atoms with Crippen LogP contribution in [0.1, 0.15) is 78.4 Å². The Balaban J connectivity index is 0. The SMILES string of the molecule is CC.CC.CC(C)c1ccccc1.CC(C)c1ccccc1.Oc1ccc(O)cc1.Oc1cccc(O)c1. The molecule has 208 valence electrons. The summed E-state index contributed by atoms with van der Waals surface area (Å²) in [5, 5.41) is 34.6. The Morgan fingerprint density at radius 3 is 0.842 bits per heavy atom. The van der Waals surface area contributed by atoms with E-state index < -0.39 is 0 Å². The Bertz CT molecular complexity index is 947. The Kier molecular flexibility index (Phi) is 22.4. The fourth-order valence-electron chi connectivity index (χ4n) is 2.62. The van der Waals surface area contributed by atoms with Gasteiger partial charge in [0.25, 0.3) is 0 Å². The molecule has 4 N–H and O–H groups in total. The first kappa shape index (κ1) is 36.2. The second-order valence-corrected chi connectivity index (χ2v) is 8.17. The predicted octanol–water partition coefficient (Wildman–Crippen LogP) is 9.87. The van der Waals surface area contributed by atoms with Crippen LogP contribution in [-0.4, -0.2) is 20.4 Å². The molecule has 4 aromatic carbocycles. The van der Waals surface area contributed by atoms with Gasteiger partial charge in [-0.05, 0) is 59.4 Å². The molecule has 0 atom stereocenters. The highest BCUT2D eigenvalue weighted by molar-refractivity contribution is 5.30. The highest BCUT2D eigenvalue weighted by Gasteiger charge is 1.94. The number of phenolic OH excluding ortho intramolecular Hbond substituents is 4. The van der Waals surface area contributed by atoms with Gasteiger partial charge < -0.3 is 20.4 Å². The molecule has 0 saturated heterocycles. The lowest BCUT2D eigenvalue weighted by atomic mass is 10.0. The van der Waals surface area contributed by atoms with Crippen LogP contribution in [0.3, 0.4) is 0 Å². The van der Waals surface area contributed by atoms with Gasteiger partial charge in [0.1, 0.15) is 23.0 Å². The summed E-state index contributed by atoms with van der Waals surface area (Å²) in [7, 11) is 0. The lowest BCUT2D eigenvalue weighted by Gasteiger charge is -2.01. The van der Waals surface area contributed by atoms with E-state index in [0.717, 1.165) is 0 Å². The molecule has 4 nitrogen and oxygen atoms in total. The summed E-state index contributed by atoms with van der Waals surface area (Å²) >= 11 is 0. The maximum atomic E-state index is 8.65. The van der Waals surface area contributed by atoms with Gasteiger partial charge in [0.15, 0.2) is 0 Å². The van der Waals surface area contributed by atoms with Gasteiger partial charge in [-0.3, -0.25) is 0 Å². The van der Waals surface area contributed by atoms with E-state index in [4.69, 9.17) is 20.4 Å². The Hall–Kier alpha value is -3.92. The van der Waals surface area contributed by atoms with E-state index in [1.807, 2.05) is 39.8 Å². The topological polar surface area (TPSA) is 80.9 Å². The molecule has 0 aromatic heterocycles. The summed E-state index contributed by atoms with van der Waals surface area (Å²) in [5.74, 6) is 1.83. The molecule has 0 spiro atoms. The first-order chi connectivity index (χ1) is 18.2. The lowest BCUT2D eigenvalue weighted by molar-refractivity contribution is 0.450. The minimum Gasteiger partial charge on any atom is -0.508 e. The molecule has 0 heterocycles. The number of benzene rings is 4. The van der Waals surface area contributed by atoms with Gasteiger partial charge in [-0.25, -0.2) is 0 Å². The minimum absolute atomic E-state index is 0.0880. The number of aromatic hydroxyl groups is 4. The van der Waals surface area contributed by atoms with Crippen molar-refractivity contribution in [2.45, 2.75) is 67.2 Å². The van der Waals surface area contributed by atoms with Gasteiger partial charge in [-0.1, -0.05) is 122 Å². The van der Waals surface area contributed by atoms with Gasteiger partial charge in [0, 0.05) is 6.07 Å². The molecule has 0 radical (unpaired) electrons. The number of hydrogen-bond donors (Lipinski definition) is 4. The second kappa shape index (κ2) is 23.5. The van der Waals surface area contributed by atoms with E-state index in [1.54, 1.807) is 6.07 Å². The lowest BCUT2D eigenvalue weighted by Crippen LogP contribution is -1.83. The van der Waals surface area contributed by atoms with E-state index >= 15 is 0 Å². The van der Waals surface area contributed by atoms with Crippen molar-refractivity contribution < 1.29 is 20.4 Å². The van der Waals surface area contributed by atoms with Crippen LogP contribution >= 0.6 is 0 Å². The third-order valence-corrected chi connectivity index (χ3v) is 4.61. The zero-order chi connectivity index (χ0) is 29.3. The van der Waals surface area contributed by atoms with Crippen molar-refractivity contribution in [1.29, 1.82) is 0 Å². The summed E-state index contributed by atoms with van der Waals surface area (Å²) in [5.41, 5.74) is 2.83. The molecule has 0 saturated carbocycles. The van der Waals surface area contributed by atoms with Crippen LogP contribution in [0, 0.1) is 0 Å². The van der Waals surface area contributed by atoms with Crippen molar-refractivity contribution >= 4 is 0 Å². The van der Waals surface area contributed by atoms with Crippen molar-refractivity contribution in [1.82, 2.24) is 0 Å². The zero-order valence-corrected chi connectivity index (χ0v) is 24.3. The molecule has 38 heavy (non-hydrogen) atoms. The summed E-state index contributed by atoms with van der Waals surface area (Å²) in [6.45, 7) is 16.8. The van der Waals surface area contributed by atoms with E-state index in [1.165, 1.54) is 53.6 Å². The van der Waals surface area contributed by atoms with Crippen LogP contribution in [0.4, 0.5) is 0 Å². The van der Waals surface area contributed by atoms with Crippen molar-refractivity contribution in [2.75, 3.05) is 0 Å². The third kappa shape index (κ3) is 19.3. The summed E-state index contributed by atoms with van der Waals surface area (Å²) in [4.78, 5) is 0. The highest BCUT2D eigenvalue weighted by Crippen LogP contribution is 2.15. The predicted molar refractivity (Wildman–Crippen MR) is 163 cm³/mol. The quantitative estimate of drug-likeness (QED) is 0.198. The number of phenols is 4. The maximum absolute atomic E-state index is 8.65. The fourth-order valence-corrected chi connectivity index (χ4v) is 2.62. The van der Waals surface area contributed by atoms with E-state index in [-0.39, 0.29) is 23.0 Å². The molecular weight excluding hydrogens is 472 g/mol. The van der Waals surface area contributed by atoms with Crippen LogP contribution in [0.2, 0.25) is 0 Å². The van der Waals surface area contributed by atoms with Crippen molar-refractivity contribution in [2.24, 2.45) is 0 Å². The van der Waals surface area contributed by atoms with Crippen LogP contribution in [0.15, 0.2) is 109 Å². The average Bonchev–Trinajstić information content (AvgIpc) is 2.94. The van der Waals surface area contributed by atoms with Crippen LogP contribution in [0.25, 0.3) is 0 Å². The highest BCUT2D eigenvalue weighted by atomic mass is 16.3. The normalized spacial score (nSPS) is 8.89. The smallest absolute Gasteiger partial charge is 0.119 e. The molecule has 0 bridgehead atoms. The molecule has 0 fully saturated rings. The van der Waals surface area contributed by atoms with E-state index in [0.29, 0.717) is 11.8 Å². The van der Waals surface area contributed by atoms with Crippen LogP contribution in [-0.2, 0) is 0 Å². The molecule has 0 aliphatic carbocycles. The Morgan fingerprint density at radius 1 is 0.368 bits per heavy atom. The molecule has 0 aliphatic rings. The minimum atomic E-state index is 0.0880. The van der Waals surface area contributed by atoms with Gasteiger partial charge in [0.05, 0.1) is 0 Å². The van der Waals surface area contributed by atoms with Gasteiger partial charge >= 0.3 is 0 Å². The molecule has 0 amide bonds. The molecule has 4 rings (SSSR count). The first-order valence-electron chi connectivity index (χ1n) is 13.2. The van der Waals surface area contributed by atoms with Crippen LogP contribution < -0.4 is 0 Å². The van der Waals surface area contributed by atoms with E-state index in [2.05, 4.69) is 76.2 Å². The largest absolute Gasteiger partial charge is 0.508 e.